The summed E-state index contributed by atoms with van der Waals surface area (Å²) in [6.45, 7) is 3.48. The van der Waals surface area contributed by atoms with Gasteiger partial charge in [0.05, 0.1) is 6.04 Å². The standard InChI is InChI=1S/C11H20N2O3/c1-8(11(12)16)13-6-2-3-9(7-13)4-5-10(14)15/h8-9H,2-7H2,1H3,(H2,12,16)(H,14,15). The third kappa shape index (κ3) is 3.81. The number of carbonyl (C=O) groups excluding carboxylic acids is 1. The number of nitrogens with two attached hydrogens (primary N) is 1. The van der Waals surface area contributed by atoms with Crippen LogP contribution in [0.4, 0.5) is 0 Å². The molecule has 5 heteroatoms. The number of aliphatic carboxylic acids is 1. The van der Waals surface area contributed by atoms with E-state index in [1.807, 2.05) is 6.92 Å². The lowest BCUT2D eigenvalue weighted by Gasteiger charge is -2.35. The summed E-state index contributed by atoms with van der Waals surface area (Å²) in [5.74, 6) is -0.675. The fourth-order valence-electron chi connectivity index (χ4n) is 2.19. The molecule has 92 valence electrons. The first-order valence-corrected chi connectivity index (χ1v) is 5.76. The van der Waals surface area contributed by atoms with Crippen LogP contribution in [0.15, 0.2) is 0 Å². The Morgan fingerprint density at radius 1 is 1.56 bits per heavy atom. The van der Waals surface area contributed by atoms with E-state index < -0.39 is 5.97 Å². The summed E-state index contributed by atoms with van der Waals surface area (Å²) in [6.07, 6.45) is 2.97. The number of likely N-dealkylation sites (tertiary alicyclic amines) is 1. The third-order valence-corrected chi connectivity index (χ3v) is 3.28. The maximum absolute atomic E-state index is 11.1. The van der Waals surface area contributed by atoms with Crippen molar-refractivity contribution in [3.8, 4) is 0 Å². The van der Waals surface area contributed by atoms with Gasteiger partial charge in [-0.2, -0.15) is 0 Å². The first-order valence-electron chi connectivity index (χ1n) is 5.76. The Bertz CT molecular complexity index is 268. The molecule has 1 aliphatic rings. The van der Waals surface area contributed by atoms with Crippen molar-refractivity contribution in [1.29, 1.82) is 0 Å². The van der Waals surface area contributed by atoms with Crippen LogP contribution in [0.5, 0.6) is 0 Å². The summed E-state index contributed by atoms with van der Waals surface area (Å²) in [7, 11) is 0. The first kappa shape index (κ1) is 13.0. The van der Waals surface area contributed by atoms with Crippen molar-refractivity contribution in [2.24, 2.45) is 11.7 Å². The highest BCUT2D eigenvalue weighted by Gasteiger charge is 2.26. The summed E-state index contributed by atoms with van der Waals surface area (Å²) >= 11 is 0. The Morgan fingerprint density at radius 2 is 2.25 bits per heavy atom. The molecular formula is C11H20N2O3. The van der Waals surface area contributed by atoms with E-state index in [0.29, 0.717) is 12.3 Å². The molecule has 1 amide bonds. The summed E-state index contributed by atoms with van der Waals surface area (Å²) < 4.78 is 0. The predicted molar refractivity (Wildman–Crippen MR) is 59.8 cm³/mol. The zero-order valence-electron chi connectivity index (χ0n) is 9.69. The van der Waals surface area contributed by atoms with Crippen LogP contribution < -0.4 is 5.73 Å². The highest BCUT2D eigenvalue weighted by atomic mass is 16.4. The molecule has 5 nitrogen and oxygen atoms in total. The van der Waals surface area contributed by atoms with E-state index in [2.05, 4.69) is 4.90 Å². The highest BCUT2D eigenvalue weighted by molar-refractivity contribution is 5.79. The molecule has 1 heterocycles. The van der Waals surface area contributed by atoms with Crippen LogP contribution >= 0.6 is 0 Å². The Kier molecular flexibility index (Phi) is 4.73. The maximum Gasteiger partial charge on any atom is 0.303 e. The molecule has 1 saturated heterocycles. The fraction of sp³-hybridized carbons (Fsp3) is 0.818. The molecule has 1 aliphatic heterocycles. The molecular weight excluding hydrogens is 208 g/mol. The van der Waals surface area contributed by atoms with Gasteiger partial charge in [0, 0.05) is 13.0 Å². The number of primary amides is 1. The molecule has 2 unspecified atom stereocenters. The molecule has 2 atom stereocenters. The van der Waals surface area contributed by atoms with Crippen molar-refractivity contribution in [2.75, 3.05) is 13.1 Å². The van der Waals surface area contributed by atoms with Gasteiger partial charge in [-0.1, -0.05) is 0 Å². The number of nitrogens with zero attached hydrogens (tertiary/aromatic N) is 1. The second-order valence-electron chi connectivity index (χ2n) is 4.51. The Labute approximate surface area is 95.6 Å². The van der Waals surface area contributed by atoms with Gasteiger partial charge in [-0.25, -0.2) is 0 Å². The van der Waals surface area contributed by atoms with Gasteiger partial charge in [-0.3, -0.25) is 14.5 Å². The smallest absolute Gasteiger partial charge is 0.303 e. The van der Waals surface area contributed by atoms with E-state index in [1.165, 1.54) is 0 Å². The largest absolute Gasteiger partial charge is 0.481 e. The first-order chi connectivity index (χ1) is 7.50. The van der Waals surface area contributed by atoms with Crippen LogP contribution in [0.25, 0.3) is 0 Å². The topological polar surface area (TPSA) is 83.6 Å². The second-order valence-corrected chi connectivity index (χ2v) is 4.51. The SMILES string of the molecule is CC(C(N)=O)N1CCCC(CCC(=O)O)C1. The average Bonchev–Trinajstić information content (AvgIpc) is 2.25. The molecule has 1 rings (SSSR count). The number of hydrogen-bond donors (Lipinski definition) is 2. The number of carbonyl (C=O) groups is 2. The summed E-state index contributed by atoms with van der Waals surface area (Å²) in [5.41, 5.74) is 5.26. The van der Waals surface area contributed by atoms with E-state index in [4.69, 9.17) is 10.8 Å². The predicted octanol–water partition coefficient (Wildman–Crippen LogP) is 0.437. The van der Waals surface area contributed by atoms with Gasteiger partial charge in [-0.15, -0.1) is 0 Å². The molecule has 16 heavy (non-hydrogen) atoms. The molecule has 3 N–H and O–H groups in total. The van der Waals surface area contributed by atoms with Crippen molar-refractivity contribution in [2.45, 2.75) is 38.6 Å². The van der Waals surface area contributed by atoms with E-state index in [0.717, 1.165) is 25.9 Å². The number of amides is 1. The van der Waals surface area contributed by atoms with E-state index >= 15 is 0 Å². The number of carboxylic acid groups (broad SMARTS) is 1. The van der Waals surface area contributed by atoms with Crippen LogP contribution in [-0.4, -0.2) is 41.0 Å². The monoisotopic (exact) mass is 228 g/mol. The Morgan fingerprint density at radius 3 is 2.81 bits per heavy atom. The summed E-state index contributed by atoms with van der Waals surface area (Å²) in [5, 5.41) is 8.62. The lowest BCUT2D eigenvalue weighted by Crippen LogP contribution is -2.47. The zero-order chi connectivity index (χ0) is 12.1. The van der Waals surface area contributed by atoms with Crippen LogP contribution in [-0.2, 0) is 9.59 Å². The van der Waals surface area contributed by atoms with Crippen molar-refractivity contribution < 1.29 is 14.7 Å². The molecule has 0 spiro atoms. The lowest BCUT2D eigenvalue weighted by molar-refractivity contribution is -0.137. The van der Waals surface area contributed by atoms with Gasteiger partial charge in [0.25, 0.3) is 0 Å². The van der Waals surface area contributed by atoms with Gasteiger partial charge in [0.15, 0.2) is 0 Å². The van der Waals surface area contributed by atoms with Crippen molar-refractivity contribution >= 4 is 11.9 Å². The number of carboxylic acids is 1. The lowest BCUT2D eigenvalue weighted by atomic mass is 9.92. The maximum atomic E-state index is 11.1. The number of piperidine rings is 1. The second kappa shape index (κ2) is 5.84. The van der Waals surface area contributed by atoms with Gasteiger partial charge >= 0.3 is 5.97 Å². The number of rotatable bonds is 5. The van der Waals surface area contributed by atoms with Crippen LogP contribution in [0.2, 0.25) is 0 Å². The van der Waals surface area contributed by atoms with Crippen molar-refractivity contribution in [3.63, 3.8) is 0 Å². The minimum Gasteiger partial charge on any atom is -0.481 e. The normalized spacial score (nSPS) is 23.9. The van der Waals surface area contributed by atoms with E-state index in [-0.39, 0.29) is 18.4 Å². The molecule has 0 aromatic heterocycles. The average molecular weight is 228 g/mol. The minimum atomic E-state index is -0.750. The van der Waals surface area contributed by atoms with Gasteiger partial charge in [0.1, 0.15) is 0 Å². The van der Waals surface area contributed by atoms with E-state index in [9.17, 15) is 9.59 Å². The Balaban J connectivity index is 2.40. The van der Waals surface area contributed by atoms with Gasteiger partial charge in [-0.05, 0) is 38.6 Å². The molecule has 0 aromatic rings. The quantitative estimate of drug-likeness (QED) is 0.715. The Hall–Kier alpha value is -1.10. The molecule has 0 saturated carbocycles. The molecule has 1 fully saturated rings. The van der Waals surface area contributed by atoms with Gasteiger partial charge < -0.3 is 10.8 Å². The zero-order valence-corrected chi connectivity index (χ0v) is 9.69. The summed E-state index contributed by atoms with van der Waals surface area (Å²) in [4.78, 5) is 23.6. The number of hydrogen-bond acceptors (Lipinski definition) is 3. The fourth-order valence-corrected chi connectivity index (χ4v) is 2.19. The molecule has 0 aromatic carbocycles. The van der Waals surface area contributed by atoms with Crippen molar-refractivity contribution in [3.05, 3.63) is 0 Å². The highest BCUT2D eigenvalue weighted by Crippen LogP contribution is 2.22. The van der Waals surface area contributed by atoms with Crippen LogP contribution in [0, 0.1) is 5.92 Å². The minimum absolute atomic E-state index is 0.212. The van der Waals surface area contributed by atoms with E-state index in [1.54, 1.807) is 0 Å². The molecule has 0 bridgehead atoms. The van der Waals surface area contributed by atoms with Crippen molar-refractivity contribution in [1.82, 2.24) is 4.90 Å². The molecule has 0 radical (unpaired) electrons. The van der Waals surface area contributed by atoms with Gasteiger partial charge in [0.2, 0.25) is 5.91 Å². The summed E-state index contributed by atoms with van der Waals surface area (Å²) in [6, 6.07) is -0.243. The van der Waals surface area contributed by atoms with Crippen LogP contribution in [0.3, 0.4) is 0 Å². The third-order valence-electron chi connectivity index (χ3n) is 3.28. The van der Waals surface area contributed by atoms with Crippen LogP contribution in [0.1, 0.15) is 32.6 Å². The molecule has 0 aliphatic carbocycles.